The fourth-order valence-electron chi connectivity index (χ4n) is 4.68. The van der Waals surface area contributed by atoms with Gasteiger partial charge < -0.3 is 25.2 Å². The van der Waals surface area contributed by atoms with Gasteiger partial charge in [-0.1, -0.05) is 48.5 Å². The van der Waals surface area contributed by atoms with Crippen molar-refractivity contribution < 1.29 is 29.0 Å². The summed E-state index contributed by atoms with van der Waals surface area (Å²) in [5, 5.41) is 14.5. The number of carboxylic acids is 1. The minimum atomic E-state index is -1.15. The molecule has 8 nitrogen and oxygen atoms in total. The van der Waals surface area contributed by atoms with Gasteiger partial charge in [0.05, 0.1) is 12.5 Å². The molecule has 34 heavy (non-hydrogen) atoms. The van der Waals surface area contributed by atoms with E-state index in [9.17, 15) is 14.4 Å². The van der Waals surface area contributed by atoms with Crippen LogP contribution in [0.1, 0.15) is 43.2 Å². The second-order valence-corrected chi connectivity index (χ2v) is 9.09. The van der Waals surface area contributed by atoms with E-state index in [2.05, 4.69) is 22.8 Å². The molecule has 8 heteroatoms. The molecular formula is C26H30N2O6. The third-order valence-electron chi connectivity index (χ3n) is 6.80. The number of alkyl carbamates (subject to hydrolysis) is 1. The Morgan fingerprint density at radius 3 is 2.18 bits per heavy atom. The maximum atomic E-state index is 13.0. The van der Waals surface area contributed by atoms with Crippen molar-refractivity contribution in [1.29, 1.82) is 0 Å². The summed E-state index contributed by atoms with van der Waals surface area (Å²) < 4.78 is 10.8. The Kier molecular flexibility index (Phi) is 6.88. The molecule has 1 fully saturated rings. The zero-order chi connectivity index (χ0) is 24.3. The molecule has 2 unspecified atom stereocenters. The first-order valence-corrected chi connectivity index (χ1v) is 11.5. The topological polar surface area (TPSA) is 114 Å². The van der Waals surface area contributed by atoms with Crippen LogP contribution in [0, 0.1) is 5.92 Å². The van der Waals surface area contributed by atoms with E-state index in [1.165, 1.54) is 7.11 Å². The lowest BCUT2D eigenvalue weighted by molar-refractivity contribution is -0.140. The number of hydrogen-bond acceptors (Lipinski definition) is 5. The molecule has 2 atom stereocenters. The van der Waals surface area contributed by atoms with Crippen LogP contribution in [-0.4, -0.2) is 55.0 Å². The van der Waals surface area contributed by atoms with E-state index in [0.29, 0.717) is 0 Å². The first-order chi connectivity index (χ1) is 16.3. The minimum Gasteiger partial charge on any atom is -0.481 e. The van der Waals surface area contributed by atoms with Gasteiger partial charge in [0.2, 0.25) is 5.91 Å². The highest BCUT2D eigenvalue weighted by Crippen LogP contribution is 2.44. The van der Waals surface area contributed by atoms with E-state index < -0.39 is 23.7 Å². The molecule has 0 aliphatic heterocycles. The molecule has 3 N–H and O–H groups in total. The molecule has 1 saturated carbocycles. The number of methoxy groups -OCH3 is 1. The van der Waals surface area contributed by atoms with Gasteiger partial charge in [-0.3, -0.25) is 9.59 Å². The fourth-order valence-corrected chi connectivity index (χ4v) is 4.68. The Morgan fingerprint density at radius 2 is 1.65 bits per heavy atom. The van der Waals surface area contributed by atoms with Crippen molar-refractivity contribution in [3.8, 4) is 11.1 Å². The van der Waals surface area contributed by atoms with Crippen molar-refractivity contribution in [3.05, 3.63) is 59.7 Å². The van der Waals surface area contributed by atoms with Gasteiger partial charge in [-0.2, -0.15) is 0 Å². The zero-order valence-electron chi connectivity index (χ0n) is 19.4. The third-order valence-corrected chi connectivity index (χ3v) is 6.80. The average Bonchev–Trinajstić information content (AvgIpc) is 3.64. The predicted octanol–water partition coefficient (Wildman–Crippen LogP) is 3.30. The normalized spacial score (nSPS) is 17.1. The summed E-state index contributed by atoms with van der Waals surface area (Å²) in [5.74, 6) is -1.47. The van der Waals surface area contributed by atoms with Crippen molar-refractivity contribution in [3.63, 3.8) is 0 Å². The highest BCUT2D eigenvalue weighted by Gasteiger charge is 2.48. The number of carboxylic acid groups (broad SMARTS) is 1. The molecule has 2 aliphatic carbocycles. The first-order valence-electron chi connectivity index (χ1n) is 11.5. The van der Waals surface area contributed by atoms with Gasteiger partial charge in [-0.15, -0.1) is 0 Å². The monoisotopic (exact) mass is 466 g/mol. The van der Waals surface area contributed by atoms with E-state index in [4.69, 9.17) is 14.6 Å². The smallest absolute Gasteiger partial charge is 0.408 e. The van der Waals surface area contributed by atoms with Gasteiger partial charge in [0, 0.05) is 19.6 Å². The molecule has 2 aromatic carbocycles. The van der Waals surface area contributed by atoms with Gasteiger partial charge in [0.25, 0.3) is 0 Å². The van der Waals surface area contributed by atoms with Crippen LogP contribution in [0.4, 0.5) is 4.79 Å². The molecule has 180 valence electrons. The Morgan fingerprint density at radius 1 is 1.06 bits per heavy atom. The van der Waals surface area contributed by atoms with Crippen LogP contribution in [0.2, 0.25) is 0 Å². The van der Waals surface area contributed by atoms with Crippen LogP contribution in [0.25, 0.3) is 11.1 Å². The van der Waals surface area contributed by atoms with Crippen LogP contribution in [0.15, 0.2) is 48.5 Å². The minimum absolute atomic E-state index is 0.00606. The molecule has 0 heterocycles. The summed E-state index contributed by atoms with van der Waals surface area (Å²) in [6.45, 7) is 1.88. The summed E-state index contributed by atoms with van der Waals surface area (Å²) >= 11 is 0. The first kappa shape index (κ1) is 23.8. The lowest BCUT2D eigenvalue weighted by atomic mass is 9.94. The van der Waals surface area contributed by atoms with Gasteiger partial charge in [0.15, 0.2) is 0 Å². The Hall–Kier alpha value is -3.39. The van der Waals surface area contributed by atoms with Crippen LogP contribution < -0.4 is 10.6 Å². The van der Waals surface area contributed by atoms with Crippen LogP contribution in [0.3, 0.4) is 0 Å². The van der Waals surface area contributed by atoms with Gasteiger partial charge in [-0.25, -0.2) is 4.79 Å². The Labute approximate surface area is 198 Å². The van der Waals surface area contributed by atoms with Crippen molar-refractivity contribution in [2.24, 2.45) is 5.92 Å². The maximum Gasteiger partial charge on any atom is 0.408 e. The number of carbonyl (C=O) groups excluding carboxylic acids is 2. The van der Waals surface area contributed by atoms with Crippen LogP contribution in [0.5, 0.6) is 0 Å². The van der Waals surface area contributed by atoms with E-state index >= 15 is 0 Å². The standard InChI is InChI=1S/C26H30N2O6/c1-26(16-11-12-16,24(31)27-14-17(33-2)13-23(29)30)28-25(32)34-15-22-20-9-5-3-7-18(20)19-8-4-6-10-21(19)22/h3-10,16-17,22H,11-15H2,1-2H3,(H,27,31)(H,28,32)(H,29,30). The average molecular weight is 467 g/mol. The molecule has 2 aliphatic rings. The predicted molar refractivity (Wildman–Crippen MR) is 125 cm³/mol. The molecule has 0 saturated heterocycles. The number of hydrogen-bond donors (Lipinski definition) is 3. The molecule has 0 spiro atoms. The van der Waals surface area contributed by atoms with Crippen molar-refractivity contribution in [2.45, 2.75) is 43.7 Å². The van der Waals surface area contributed by atoms with Crippen LogP contribution >= 0.6 is 0 Å². The Bertz CT molecular complexity index is 1040. The molecule has 4 rings (SSSR count). The number of aliphatic carboxylic acids is 1. The SMILES string of the molecule is COC(CNC(=O)C(C)(NC(=O)OCC1c2ccccc2-c2ccccc21)C1CC1)CC(=O)O. The molecule has 2 aromatic rings. The van der Waals surface area contributed by atoms with Crippen molar-refractivity contribution in [1.82, 2.24) is 10.6 Å². The lowest BCUT2D eigenvalue weighted by Gasteiger charge is -2.30. The highest BCUT2D eigenvalue weighted by atomic mass is 16.5. The van der Waals surface area contributed by atoms with Gasteiger partial charge >= 0.3 is 12.1 Å². The number of ether oxygens (including phenoxy) is 2. The molecule has 0 radical (unpaired) electrons. The summed E-state index contributed by atoms with van der Waals surface area (Å²) in [5.41, 5.74) is 3.36. The van der Waals surface area contributed by atoms with E-state index in [0.717, 1.165) is 35.1 Å². The number of carbonyl (C=O) groups is 3. The number of nitrogens with one attached hydrogen (secondary N) is 2. The maximum absolute atomic E-state index is 13.0. The second kappa shape index (κ2) is 9.85. The summed E-state index contributed by atoms with van der Waals surface area (Å²) in [6.07, 6.45) is 0.100. The number of fused-ring (bicyclic) bond motifs is 3. The number of benzene rings is 2. The highest BCUT2D eigenvalue weighted by molar-refractivity contribution is 5.90. The van der Waals surface area contributed by atoms with Crippen LogP contribution in [-0.2, 0) is 19.1 Å². The van der Waals surface area contributed by atoms with E-state index in [-0.39, 0.29) is 37.3 Å². The molecule has 0 bridgehead atoms. The van der Waals surface area contributed by atoms with Crippen molar-refractivity contribution in [2.75, 3.05) is 20.3 Å². The molecule has 2 amide bonds. The largest absolute Gasteiger partial charge is 0.481 e. The molecule has 0 aromatic heterocycles. The van der Waals surface area contributed by atoms with Crippen molar-refractivity contribution >= 4 is 18.0 Å². The second-order valence-electron chi connectivity index (χ2n) is 9.09. The quantitative estimate of drug-likeness (QED) is 0.495. The molecular weight excluding hydrogens is 436 g/mol. The van der Waals surface area contributed by atoms with E-state index in [1.807, 2.05) is 36.4 Å². The number of rotatable bonds is 10. The van der Waals surface area contributed by atoms with E-state index in [1.54, 1.807) is 6.92 Å². The van der Waals surface area contributed by atoms with Gasteiger partial charge in [-0.05, 0) is 47.9 Å². The van der Waals surface area contributed by atoms with Gasteiger partial charge in [0.1, 0.15) is 12.1 Å². The summed E-state index contributed by atoms with van der Waals surface area (Å²) in [7, 11) is 1.40. The third kappa shape index (κ3) is 4.92. The lowest BCUT2D eigenvalue weighted by Crippen LogP contribution is -2.59. The summed E-state index contributed by atoms with van der Waals surface area (Å²) in [4.78, 5) is 36.7. The number of amides is 2. The Balaban J connectivity index is 1.39. The summed E-state index contributed by atoms with van der Waals surface area (Å²) in [6, 6.07) is 16.2. The fraction of sp³-hybridized carbons (Fsp3) is 0.423. The zero-order valence-corrected chi connectivity index (χ0v) is 19.4.